The summed E-state index contributed by atoms with van der Waals surface area (Å²) in [5.74, 6) is -1.33. The van der Waals surface area contributed by atoms with Gasteiger partial charge in [-0.05, 0) is 30.2 Å². The number of rotatable bonds is 2. The number of carboxylic acid groups (broad SMARTS) is 1. The van der Waals surface area contributed by atoms with Gasteiger partial charge in [-0.25, -0.2) is 4.39 Å². The van der Waals surface area contributed by atoms with Crippen LogP contribution in [0.3, 0.4) is 0 Å². The molecule has 0 amide bonds. The molecule has 1 aromatic carbocycles. The minimum atomic E-state index is -0.768. The standard InChI is InChI=1S/C12H10FNO2/c13-6-1-2-11-8(3-6)10(5-14-11)7-4-9(7)12(15)16/h1-3,5,7,9,14H,4H2,(H,15,16)/t7-,9-/m1/s1. The van der Waals surface area contributed by atoms with Crippen molar-refractivity contribution < 1.29 is 14.3 Å². The predicted octanol–water partition coefficient (Wildman–Crippen LogP) is 2.50. The van der Waals surface area contributed by atoms with E-state index in [-0.39, 0.29) is 17.7 Å². The van der Waals surface area contributed by atoms with Crippen molar-refractivity contribution in [2.75, 3.05) is 0 Å². The second-order valence-corrected chi connectivity index (χ2v) is 4.22. The smallest absolute Gasteiger partial charge is 0.307 e. The summed E-state index contributed by atoms with van der Waals surface area (Å²) < 4.78 is 13.1. The Morgan fingerprint density at radius 2 is 2.31 bits per heavy atom. The number of nitrogens with one attached hydrogen (secondary N) is 1. The van der Waals surface area contributed by atoms with Crippen molar-refractivity contribution in [1.82, 2.24) is 4.98 Å². The van der Waals surface area contributed by atoms with E-state index >= 15 is 0 Å². The lowest BCUT2D eigenvalue weighted by Gasteiger charge is -1.96. The zero-order valence-electron chi connectivity index (χ0n) is 8.40. The molecule has 1 heterocycles. The molecule has 1 saturated carbocycles. The van der Waals surface area contributed by atoms with Crippen molar-refractivity contribution in [3.63, 3.8) is 0 Å². The van der Waals surface area contributed by atoms with Gasteiger partial charge in [0.25, 0.3) is 0 Å². The lowest BCUT2D eigenvalue weighted by molar-refractivity contribution is -0.138. The number of halogens is 1. The highest BCUT2D eigenvalue weighted by Crippen LogP contribution is 2.49. The van der Waals surface area contributed by atoms with Crippen LogP contribution >= 0.6 is 0 Å². The molecule has 0 radical (unpaired) electrons. The maximum atomic E-state index is 13.1. The van der Waals surface area contributed by atoms with Gasteiger partial charge in [-0.15, -0.1) is 0 Å². The van der Waals surface area contributed by atoms with Crippen LogP contribution in [0.5, 0.6) is 0 Å². The third kappa shape index (κ3) is 1.30. The maximum Gasteiger partial charge on any atom is 0.307 e. The lowest BCUT2D eigenvalue weighted by atomic mass is 10.1. The average molecular weight is 219 g/mol. The number of aromatic amines is 1. The highest BCUT2D eigenvalue weighted by molar-refractivity contribution is 5.86. The first-order valence-corrected chi connectivity index (χ1v) is 5.16. The van der Waals surface area contributed by atoms with Gasteiger partial charge in [-0.3, -0.25) is 4.79 Å². The van der Waals surface area contributed by atoms with E-state index in [1.165, 1.54) is 12.1 Å². The number of hydrogen-bond donors (Lipinski definition) is 2. The summed E-state index contributed by atoms with van der Waals surface area (Å²) in [4.78, 5) is 13.8. The molecule has 16 heavy (non-hydrogen) atoms. The third-order valence-corrected chi connectivity index (χ3v) is 3.18. The van der Waals surface area contributed by atoms with Crippen LogP contribution in [0.4, 0.5) is 4.39 Å². The summed E-state index contributed by atoms with van der Waals surface area (Å²) >= 11 is 0. The molecule has 4 heteroatoms. The molecule has 1 aromatic heterocycles. The van der Waals surface area contributed by atoms with Crippen LogP contribution < -0.4 is 0 Å². The first-order valence-electron chi connectivity index (χ1n) is 5.16. The Hall–Kier alpha value is -1.84. The fraction of sp³-hybridized carbons (Fsp3) is 0.250. The Bertz CT molecular complexity index is 575. The van der Waals surface area contributed by atoms with Crippen molar-refractivity contribution >= 4 is 16.9 Å². The molecule has 1 fully saturated rings. The second-order valence-electron chi connectivity index (χ2n) is 4.22. The van der Waals surface area contributed by atoms with Gasteiger partial charge in [0.05, 0.1) is 5.92 Å². The molecule has 2 atom stereocenters. The average Bonchev–Trinajstić information content (AvgIpc) is 2.93. The molecule has 0 saturated heterocycles. The number of H-pyrrole nitrogens is 1. The van der Waals surface area contributed by atoms with E-state index in [4.69, 9.17) is 5.11 Å². The Morgan fingerprint density at radius 3 is 3.00 bits per heavy atom. The molecule has 1 aliphatic carbocycles. The van der Waals surface area contributed by atoms with Crippen LogP contribution in [-0.4, -0.2) is 16.1 Å². The normalized spacial score (nSPS) is 23.6. The minimum Gasteiger partial charge on any atom is -0.481 e. The Labute approximate surface area is 90.9 Å². The van der Waals surface area contributed by atoms with Gasteiger partial charge in [0.1, 0.15) is 5.82 Å². The number of benzene rings is 1. The largest absolute Gasteiger partial charge is 0.481 e. The summed E-state index contributed by atoms with van der Waals surface area (Å²) in [5, 5.41) is 9.66. The highest BCUT2D eigenvalue weighted by atomic mass is 19.1. The van der Waals surface area contributed by atoms with E-state index in [9.17, 15) is 9.18 Å². The predicted molar refractivity (Wildman–Crippen MR) is 56.7 cm³/mol. The van der Waals surface area contributed by atoms with E-state index in [1.54, 1.807) is 12.3 Å². The Morgan fingerprint density at radius 1 is 1.50 bits per heavy atom. The van der Waals surface area contributed by atoms with Crippen LogP contribution in [0.2, 0.25) is 0 Å². The molecular formula is C12H10FNO2. The molecule has 82 valence electrons. The van der Waals surface area contributed by atoms with Crippen molar-refractivity contribution in [2.45, 2.75) is 12.3 Å². The molecule has 0 spiro atoms. The number of carbonyl (C=O) groups is 1. The number of aliphatic carboxylic acids is 1. The van der Waals surface area contributed by atoms with Crippen molar-refractivity contribution in [2.24, 2.45) is 5.92 Å². The summed E-state index contributed by atoms with van der Waals surface area (Å²) in [6.45, 7) is 0. The third-order valence-electron chi connectivity index (χ3n) is 3.18. The van der Waals surface area contributed by atoms with Crippen LogP contribution in [0.25, 0.3) is 10.9 Å². The molecule has 1 aliphatic rings. The van der Waals surface area contributed by atoms with Crippen molar-refractivity contribution in [3.05, 3.63) is 35.8 Å². The van der Waals surface area contributed by atoms with E-state index in [1.807, 2.05) is 0 Å². The lowest BCUT2D eigenvalue weighted by Crippen LogP contribution is -1.98. The Balaban J connectivity index is 2.05. The van der Waals surface area contributed by atoms with E-state index in [0.29, 0.717) is 6.42 Å². The molecule has 0 unspecified atom stereocenters. The fourth-order valence-electron chi connectivity index (χ4n) is 2.23. The molecule has 0 bridgehead atoms. The molecule has 0 aliphatic heterocycles. The fourth-order valence-corrected chi connectivity index (χ4v) is 2.23. The van der Waals surface area contributed by atoms with E-state index in [2.05, 4.69) is 4.98 Å². The van der Waals surface area contributed by atoms with Crippen molar-refractivity contribution in [3.8, 4) is 0 Å². The number of aromatic nitrogens is 1. The van der Waals surface area contributed by atoms with Gasteiger partial charge < -0.3 is 10.1 Å². The summed E-state index contributed by atoms with van der Waals surface area (Å²) in [7, 11) is 0. The summed E-state index contributed by atoms with van der Waals surface area (Å²) in [5.41, 5.74) is 1.77. The van der Waals surface area contributed by atoms with Gasteiger partial charge >= 0.3 is 5.97 Å². The van der Waals surface area contributed by atoms with Crippen LogP contribution in [-0.2, 0) is 4.79 Å². The van der Waals surface area contributed by atoms with Gasteiger partial charge in [-0.2, -0.15) is 0 Å². The van der Waals surface area contributed by atoms with Gasteiger partial charge in [0.15, 0.2) is 0 Å². The number of hydrogen-bond acceptors (Lipinski definition) is 1. The molecule has 3 rings (SSSR count). The minimum absolute atomic E-state index is 0.0352. The zero-order chi connectivity index (χ0) is 11.3. The molecule has 2 aromatic rings. The van der Waals surface area contributed by atoms with Gasteiger partial charge in [0.2, 0.25) is 0 Å². The van der Waals surface area contributed by atoms with Crippen LogP contribution in [0.1, 0.15) is 17.9 Å². The van der Waals surface area contributed by atoms with Crippen LogP contribution in [0, 0.1) is 11.7 Å². The van der Waals surface area contributed by atoms with Gasteiger partial charge in [-0.1, -0.05) is 0 Å². The highest BCUT2D eigenvalue weighted by Gasteiger charge is 2.45. The van der Waals surface area contributed by atoms with Crippen molar-refractivity contribution in [1.29, 1.82) is 0 Å². The number of carboxylic acids is 1. The summed E-state index contributed by atoms with van der Waals surface area (Å²) in [6, 6.07) is 4.52. The first-order chi connectivity index (χ1) is 7.66. The molecular weight excluding hydrogens is 209 g/mol. The topological polar surface area (TPSA) is 53.1 Å². The number of fused-ring (bicyclic) bond motifs is 1. The maximum absolute atomic E-state index is 13.1. The van der Waals surface area contributed by atoms with Gasteiger partial charge in [0, 0.05) is 23.0 Å². The SMILES string of the molecule is O=C(O)[C@@H]1C[C@H]1c1c[nH]c2ccc(F)cc12. The van der Waals surface area contributed by atoms with E-state index in [0.717, 1.165) is 16.5 Å². The van der Waals surface area contributed by atoms with E-state index < -0.39 is 5.97 Å². The summed E-state index contributed by atoms with van der Waals surface area (Å²) in [6.07, 6.45) is 2.44. The first kappa shape index (κ1) is 9.39. The Kier molecular flexibility index (Phi) is 1.80. The van der Waals surface area contributed by atoms with Crippen LogP contribution in [0.15, 0.2) is 24.4 Å². The quantitative estimate of drug-likeness (QED) is 0.815. The molecule has 2 N–H and O–H groups in total. The monoisotopic (exact) mass is 219 g/mol. The zero-order valence-corrected chi connectivity index (χ0v) is 8.40. The molecule has 3 nitrogen and oxygen atoms in total. The second kappa shape index (κ2) is 3.07.